The lowest BCUT2D eigenvalue weighted by molar-refractivity contribution is 0.301. The summed E-state index contributed by atoms with van der Waals surface area (Å²) in [4.78, 5) is 2.42. The standard InChI is InChI=1S/C16H27N5O2S/c1-19-15(12-20-8-2-3-9-20)17-18-16(19)13-5-4-10-21(11-13)24(22,23)14-6-7-14/h13-14H,2-12H2,1H3/t13-/m0/s1. The third-order valence-electron chi connectivity index (χ3n) is 5.62. The average Bonchev–Trinajstić information content (AvgIpc) is 3.23. The summed E-state index contributed by atoms with van der Waals surface area (Å²) >= 11 is 0. The summed E-state index contributed by atoms with van der Waals surface area (Å²) in [5.74, 6) is 2.10. The molecule has 134 valence electrons. The molecule has 24 heavy (non-hydrogen) atoms. The first kappa shape index (κ1) is 16.5. The minimum absolute atomic E-state index is 0.124. The quantitative estimate of drug-likeness (QED) is 0.792. The predicted octanol–water partition coefficient (Wildman–Crippen LogP) is 1.08. The van der Waals surface area contributed by atoms with Gasteiger partial charge < -0.3 is 4.57 Å². The molecule has 2 aliphatic heterocycles. The van der Waals surface area contributed by atoms with Gasteiger partial charge in [-0.25, -0.2) is 12.7 Å². The van der Waals surface area contributed by atoms with E-state index < -0.39 is 10.0 Å². The van der Waals surface area contributed by atoms with Gasteiger partial charge >= 0.3 is 0 Å². The molecule has 0 aromatic carbocycles. The van der Waals surface area contributed by atoms with Gasteiger partial charge in [0.1, 0.15) is 11.6 Å². The number of nitrogens with zero attached hydrogens (tertiary/aromatic N) is 5. The highest BCUT2D eigenvalue weighted by Gasteiger charge is 2.42. The SMILES string of the molecule is Cn1c(CN2CCCC2)nnc1[C@H]1CCCN(S(=O)(=O)C2CC2)C1. The van der Waals surface area contributed by atoms with Crippen LogP contribution in [0, 0.1) is 0 Å². The molecule has 0 bridgehead atoms. The van der Waals surface area contributed by atoms with Crippen LogP contribution in [0.2, 0.25) is 0 Å². The summed E-state index contributed by atoms with van der Waals surface area (Å²) in [6.07, 6.45) is 6.08. The molecule has 0 radical (unpaired) electrons. The normalized spacial score (nSPS) is 27.0. The first-order chi connectivity index (χ1) is 11.6. The Morgan fingerprint density at radius 1 is 1.04 bits per heavy atom. The van der Waals surface area contributed by atoms with E-state index >= 15 is 0 Å². The second kappa shape index (κ2) is 6.38. The third kappa shape index (κ3) is 3.11. The highest BCUT2D eigenvalue weighted by molar-refractivity contribution is 7.90. The summed E-state index contributed by atoms with van der Waals surface area (Å²) in [6, 6.07) is 0. The molecule has 0 unspecified atom stereocenters. The summed E-state index contributed by atoms with van der Waals surface area (Å²) in [6.45, 7) is 4.35. The van der Waals surface area contributed by atoms with Crippen molar-refractivity contribution in [1.82, 2.24) is 24.0 Å². The van der Waals surface area contributed by atoms with Gasteiger partial charge in [0.15, 0.2) is 0 Å². The van der Waals surface area contributed by atoms with Crippen molar-refractivity contribution in [3.8, 4) is 0 Å². The summed E-state index contributed by atoms with van der Waals surface area (Å²) < 4.78 is 28.8. The lowest BCUT2D eigenvalue weighted by Gasteiger charge is -2.31. The molecule has 1 aromatic rings. The van der Waals surface area contributed by atoms with Crippen molar-refractivity contribution < 1.29 is 8.42 Å². The van der Waals surface area contributed by atoms with Crippen LogP contribution in [0.5, 0.6) is 0 Å². The molecule has 8 heteroatoms. The zero-order valence-corrected chi connectivity index (χ0v) is 15.2. The van der Waals surface area contributed by atoms with Crippen molar-refractivity contribution in [3.63, 3.8) is 0 Å². The Morgan fingerprint density at radius 3 is 2.50 bits per heavy atom. The largest absolute Gasteiger partial charge is 0.317 e. The Morgan fingerprint density at radius 2 is 1.79 bits per heavy atom. The zero-order chi connectivity index (χ0) is 16.7. The zero-order valence-electron chi connectivity index (χ0n) is 14.4. The van der Waals surface area contributed by atoms with E-state index in [-0.39, 0.29) is 11.2 Å². The smallest absolute Gasteiger partial charge is 0.217 e. The first-order valence-electron chi connectivity index (χ1n) is 9.15. The molecule has 3 fully saturated rings. The number of likely N-dealkylation sites (tertiary alicyclic amines) is 1. The number of sulfonamides is 1. The van der Waals surface area contributed by atoms with Crippen molar-refractivity contribution in [2.75, 3.05) is 26.2 Å². The fourth-order valence-corrected chi connectivity index (χ4v) is 5.90. The molecule has 2 saturated heterocycles. The monoisotopic (exact) mass is 353 g/mol. The van der Waals surface area contributed by atoms with E-state index in [1.165, 1.54) is 12.8 Å². The van der Waals surface area contributed by atoms with E-state index in [1.807, 2.05) is 7.05 Å². The number of hydrogen-bond acceptors (Lipinski definition) is 5. The fraction of sp³-hybridized carbons (Fsp3) is 0.875. The Hall–Kier alpha value is -0.990. The van der Waals surface area contributed by atoms with Gasteiger partial charge in [-0.2, -0.15) is 0 Å². The van der Waals surface area contributed by atoms with Crippen LogP contribution in [-0.2, 0) is 23.6 Å². The van der Waals surface area contributed by atoms with Gasteiger partial charge in [-0.15, -0.1) is 10.2 Å². The van der Waals surface area contributed by atoms with Crippen LogP contribution in [-0.4, -0.2) is 63.8 Å². The maximum Gasteiger partial charge on any atom is 0.217 e. The Bertz CT molecular complexity index is 691. The van der Waals surface area contributed by atoms with Crippen molar-refractivity contribution in [2.45, 2.75) is 56.2 Å². The van der Waals surface area contributed by atoms with Crippen molar-refractivity contribution in [2.24, 2.45) is 7.05 Å². The van der Waals surface area contributed by atoms with Crippen LogP contribution in [0.25, 0.3) is 0 Å². The lowest BCUT2D eigenvalue weighted by atomic mass is 9.99. The molecule has 1 aromatic heterocycles. The van der Waals surface area contributed by atoms with E-state index in [2.05, 4.69) is 19.7 Å². The molecule has 7 nitrogen and oxygen atoms in total. The molecule has 4 rings (SSSR count). The summed E-state index contributed by atoms with van der Waals surface area (Å²) in [5, 5.41) is 8.69. The van der Waals surface area contributed by atoms with Gasteiger partial charge in [0.25, 0.3) is 0 Å². The van der Waals surface area contributed by atoms with Crippen LogP contribution in [0.15, 0.2) is 0 Å². The van der Waals surface area contributed by atoms with Crippen LogP contribution in [0.3, 0.4) is 0 Å². The molecule has 0 spiro atoms. The van der Waals surface area contributed by atoms with E-state index in [0.29, 0.717) is 13.1 Å². The van der Waals surface area contributed by atoms with Gasteiger partial charge in [-0.3, -0.25) is 4.90 Å². The minimum Gasteiger partial charge on any atom is -0.317 e. The summed E-state index contributed by atoms with van der Waals surface area (Å²) in [5.41, 5.74) is 0. The molecule has 1 saturated carbocycles. The third-order valence-corrected chi connectivity index (χ3v) is 7.98. The van der Waals surface area contributed by atoms with Crippen molar-refractivity contribution >= 4 is 10.0 Å². The summed E-state index contributed by atoms with van der Waals surface area (Å²) in [7, 11) is -1.06. The maximum absolute atomic E-state index is 12.5. The number of piperidine rings is 1. The Kier molecular flexibility index (Phi) is 4.38. The lowest BCUT2D eigenvalue weighted by Crippen LogP contribution is -2.41. The topological polar surface area (TPSA) is 71.3 Å². The van der Waals surface area contributed by atoms with Gasteiger partial charge in [0, 0.05) is 26.1 Å². The Labute approximate surface area is 144 Å². The van der Waals surface area contributed by atoms with E-state index in [1.54, 1.807) is 4.31 Å². The molecule has 1 atom stereocenters. The van der Waals surface area contributed by atoms with E-state index in [9.17, 15) is 8.42 Å². The minimum atomic E-state index is -3.09. The molecule has 3 aliphatic rings. The molecular weight excluding hydrogens is 326 g/mol. The first-order valence-corrected chi connectivity index (χ1v) is 10.7. The average molecular weight is 353 g/mol. The second-order valence-electron chi connectivity index (χ2n) is 7.46. The van der Waals surface area contributed by atoms with Gasteiger partial charge in [-0.1, -0.05) is 0 Å². The van der Waals surface area contributed by atoms with Crippen LogP contribution < -0.4 is 0 Å². The van der Waals surface area contributed by atoms with E-state index in [0.717, 1.165) is 57.0 Å². The second-order valence-corrected chi connectivity index (χ2v) is 9.67. The highest BCUT2D eigenvalue weighted by Crippen LogP contribution is 2.35. The molecule has 0 amide bonds. The van der Waals surface area contributed by atoms with Crippen molar-refractivity contribution in [3.05, 3.63) is 11.6 Å². The predicted molar refractivity (Wildman–Crippen MR) is 91.0 cm³/mol. The highest BCUT2D eigenvalue weighted by atomic mass is 32.2. The number of rotatable bonds is 5. The maximum atomic E-state index is 12.5. The van der Waals surface area contributed by atoms with Gasteiger partial charge in [-0.05, 0) is 51.6 Å². The number of aromatic nitrogens is 3. The van der Waals surface area contributed by atoms with E-state index in [4.69, 9.17) is 0 Å². The van der Waals surface area contributed by atoms with Crippen molar-refractivity contribution in [1.29, 1.82) is 0 Å². The van der Waals surface area contributed by atoms with Gasteiger partial charge in [0.05, 0.1) is 11.8 Å². The number of hydrogen-bond donors (Lipinski definition) is 0. The van der Waals surface area contributed by atoms with Gasteiger partial charge in [0.2, 0.25) is 10.0 Å². The Balaban J connectivity index is 1.48. The molecule has 0 N–H and O–H groups in total. The fourth-order valence-electron chi connectivity index (χ4n) is 3.97. The van der Waals surface area contributed by atoms with Crippen LogP contribution >= 0.6 is 0 Å². The molecule has 3 heterocycles. The molecule has 1 aliphatic carbocycles. The molecular formula is C16H27N5O2S. The van der Waals surface area contributed by atoms with Crippen LogP contribution in [0.4, 0.5) is 0 Å². The van der Waals surface area contributed by atoms with Crippen LogP contribution in [0.1, 0.15) is 56.1 Å².